The average molecular weight is 445 g/mol. The van der Waals surface area contributed by atoms with Crippen LogP contribution in [0.3, 0.4) is 0 Å². The summed E-state index contributed by atoms with van der Waals surface area (Å²) in [7, 11) is 0. The Labute approximate surface area is 177 Å². The number of benzene rings is 4. The zero-order valence-corrected chi connectivity index (χ0v) is 16.9. The van der Waals surface area contributed by atoms with Crippen molar-refractivity contribution in [1.82, 2.24) is 0 Å². The molecule has 0 radical (unpaired) electrons. The second kappa shape index (κ2) is 6.68. The Kier molecular flexibility index (Phi) is 4.10. The van der Waals surface area contributed by atoms with Crippen LogP contribution in [0.2, 0.25) is 0 Å². The Morgan fingerprint density at radius 2 is 1.21 bits per heavy atom. The molecule has 0 saturated heterocycles. The van der Waals surface area contributed by atoms with Gasteiger partial charge in [0.2, 0.25) is 0 Å². The maximum atomic E-state index is 10.1. The van der Waals surface area contributed by atoms with E-state index in [-0.39, 0.29) is 11.5 Å². The van der Waals surface area contributed by atoms with E-state index in [1.165, 1.54) is 0 Å². The quantitative estimate of drug-likeness (QED) is 0.333. The molecule has 0 spiro atoms. The number of ether oxygens (including phenoxy) is 1. The van der Waals surface area contributed by atoms with E-state index < -0.39 is 5.41 Å². The van der Waals surface area contributed by atoms with Crippen molar-refractivity contribution in [1.29, 1.82) is 0 Å². The minimum absolute atomic E-state index is 0.128. The molecule has 0 bridgehead atoms. The van der Waals surface area contributed by atoms with Gasteiger partial charge in [-0.05, 0) is 35.4 Å². The second-order valence-corrected chi connectivity index (χ2v) is 8.01. The molecule has 4 aromatic carbocycles. The van der Waals surface area contributed by atoms with E-state index in [0.29, 0.717) is 11.5 Å². The number of fused-ring (bicyclic) bond motifs is 2. The van der Waals surface area contributed by atoms with Crippen molar-refractivity contribution < 1.29 is 14.9 Å². The molecule has 0 aromatic heterocycles. The summed E-state index contributed by atoms with van der Waals surface area (Å²) in [6.07, 6.45) is 0. The van der Waals surface area contributed by atoms with Gasteiger partial charge in [0, 0.05) is 27.7 Å². The first-order valence-electron chi connectivity index (χ1n) is 9.25. The molecule has 2 N–H and O–H groups in total. The molecular formula is C25H17BrO3. The molecule has 1 aliphatic rings. The molecule has 4 aromatic rings. The van der Waals surface area contributed by atoms with Crippen LogP contribution >= 0.6 is 15.9 Å². The molecule has 142 valence electrons. The summed E-state index contributed by atoms with van der Waals surface area (Å²) in [6, 6.07) is 28.9. The Hall–Kier alpha value is -3.24. The lowest BCUT2D eigenvalue weighted by atomic mass is 9.63. The molecule has 0 fully saturated rings. The highest BCUT2D eigenvalue weighted by atomic mass is 79.9. The van der Waals surface area contributed by atoms with E-state index in [0.717, 1.165) is 26.7 Å². The average Bonchev–Trinajstić information content (AvgIpc) is 2.72. The lowest BCUT2D eigenvalue weighted by molar-refractivity contribution is 0.415. The standard InChI is InChI=1S/C25H17BrO3/c26-18-8-4-7-17(13-18)25(16-5-2-1-3-6-16)21-11-9-19(27)14-23(21)29-24-15-20(28)10-12-22(24)25/h1-15,27-28H. The SMILES string of the molecule is Oc1ccc2c(c1)Oc1cc(O)ccc1C2(c1ccccc1)c1cccc(Br)c1. The van der Waals surface area contributed by atoms with Crippen LogP contribution in [0.1, 0.15) is 22.3 Å². The van der Waals surface area contributed by atoms with E-state index in [9.17, 15) is 10.2 Å². The summed E-state index contributed by atoms with van der Waals surface area (Å²) in [6.45, 7) is 0. The maximum absolute atomic E-state index is 10.1. The monoisotopic (exact) mass is 444 g/mol. The summed E-state index contributed by atoms with van der Waals surface area (Å²) in [5, 5.41) is 20.2. The number of phenols is 2. The molecular weight excluding hydrogens is 428 g/mol. The molecule has 3 nitrogen and oxygen atoms in total. The summed E-state index contributed by atoms with van der Waals surface area (Å²) in [4.78, 5) is 0. The fraction of sp³-hybridized carbons (Fsp3) is 0.0400. The maximum Gasteiger partial charge on any atom is 0.135 e. The molecule has 4 heteroatoms. The molecule has 29 heavy (non-hydrogen) atoms. The van der Waals surface area contributed by atoms with Gasteiger partial charge in [0.25, 0.3) is 0 Å². The van der Waals surface area contributed by atoms with Gasteiger partial charge in [-0.15, -0.1) is 0 Å². The van der Waals surface area contributed by atoms with Gasteiger partial charge < -0.3 is 14.9 Å². The molecule has 5 rings (SSSR count). The van der Waals surface area contributed by atoms with Crippen LogP contribution in [0, 0.1) is 0 Å². The predicted molar refractivity (Wildman–Crippen MR) is 116 cm³/mol. The van der Waals surface area contributed by atoms with Crippen molar-refractivity contribution in [2.45, 2.75) is 5.41 Å². The van der Waals surface area contributed by atoms with Gasteiger partial charge >= 0.3 is 0 Å². The van der Waals surface area contributed by atoms with Crippen molar-refractivity contribution in [3.05, 3.63) is 118 Å². The van der Waals surface area contributed by atoms with E-state index >= 15 is 0 Å². The summed E-state index contributed by atoms with van der Waals surface area (Å²) in [5.41, 5.74) is 3.31. The molecule has 0 aliphatic carbocycles. The van der Waals surface area contributed by atoms with Gasteiger partial charge in [-0.2, -0.15) is 0 Å². The van der Waals surface area contributed by atoms with Gasteiger partial charge in [0.15, 0.2) is 0 Å². The summed E-state index contributed by atoms with van der Waals surface area (Å²) >= 11 is 3.62. The highest BCUT2D eigenvalue weighted by Gasteiger charge is 2.45. The largest absolute Gasteiger partial charge is 0.508 e. The Balaban J connectivity index is 1.97. The second-order valence-electron chi connectivity index (χ2n) is 7.09. The first-order valence-corrected chi connectivity index (χ1v) is 10.0. The topological polar surface area (TPSA) is 49.7 Å². The minimum atomic E-state index is -0.671. The van der Waals surface area contributed by atoms with E-state index in [1.807, 2.05) is 42.5 Å². The van der Waals surface area contributed by atoms with Crippen LogP contribution in [0.15, 0.2) is 95.5 Å². The minimum Gasteiger partial charge on any atom is -0.508 e. The third kappa shape index (κ3) is 2.71. The van der Waals surface area contributed by atoms with Crippen molar-refractivity contribution >= 4 is 15.9 Å². The van der Waals surface area contributed by atoms with Crippen LogP contribution in [0.25, 0.3) is 0 Å². The van der Waals surface area contributed by atoms with Crippen LogP contribution in [-0.2, 0) is 5.41 Å². The first-order chi connectivity index (χ1) is 14.1. The van der Waals surface area contributed by atoms with Crippen LogP contribution in [-0.4, -0.2) is 10.2 Å². The lowest BCUT2D eigenvalue weighted by Crippen LogP contribution is -2.34. The number of phenolic OH excluding ortho intramolecular Hbond substituents is 2. The summed E-state index contributed by atoms with van der Waals surface area (Å²) < 4.78 is 7.11. The third-order valence-electron chi connectivity index (χ3n) is 5.42. The fourth-order valence-corrected chi connectivity index (χ4v) is 4.67. The van der Waals surface area contributed by atoms with Crippen LogP contribution < -0.4 is 4.74 Å². The van der Waals surface area contributed by atoms with E-state index in [2.05, 4.69) is 40.2 Å². The summed E-state index contributed by atoms with van der Waals surface area (Å²) in [5.74, 6) is 1.38. The van der Waals surface area contributed by atoms with Gasteiger partial charge in [0.1, 0.15) is 23.0 Å². The van der Waals surface area contributed by atoms with Gasteiger partial charge in [-0.1, -0.05) is 70.5 Å². The zero-order valence-electron chi connectivity index (χ0n) is 15.3. The van der Waals surface area contributed by atoms with Gasteiger partial charge in [-0.25, -0.2) is 0 Å². The number of hydrogen-bond acceptors (Lipinski definition) is 3. The highest BCUT2D eigenvalue weighted by Crippen LogP contribution is 2.56. The first kappa shape index (κ1) is 17.8. The number of aromatic hydroxyl groups is 2. The lowest BCUT2D eigenvalue weighted by Gasteiger charge is -2.41. The Morgan fingerprint density at radius 3 is 1.79 bits per heavy atom. The Bertz CT molecular complexity index is 1170. The van der Waals surface area contributed by atoms with Crippen molar-refractivity contribution in [2.75, 3.05) is 0 Å². The highest BCUT2D eigenvalue weighted by molar-refractivity contribution is 9.10. The molecule has 1 heterocycles. The molecule has 0 amide bonds. The Morgan fingerprint density at radius 1 is 0.621 bits per heavy atom. The smallest absolute Gasteiger partial charge is 0.135 e. The number of halogens is 1. The molecule has 1 aliphatic heterocycles. The predicted octanol–water partition coefficient (Wildman–Crippen LogP) is 6.35. The number of rotatable bonds is 2. The van der Waals surface area contributed by atoms with Crippen molar-refractivity contribution in [3.8, 4) is 23.0 Å². The van der Waals surface area contributed by atoms with E-state index in [4.69, 9.17) is 4.74 Å². The zero-order chi connectivity index (χ0) is 20.0. The normalized spacial score (nSPS) is 13.8. The number of hydrogen-bond donors (Lipinski definition) is 2. The van der Waals surface area contributed by atoms with Crippen molar-refractivity contribution in [2.24, 2.45) is 0 Å². The van der Waals surface area contributed by atoms with Crippen molar-refractivity contribution in [3.63, 3.8) is 0 Å². The molecule has 0 atom stereocenters. The third-order valence-corrected chi connectivity index (χ3v) is 5.92. The van der Waals surface area contributed by atoms with Gasteiger partial charge in [0.05, 0.1) is 5.41 Å². The van der Waals surface area contributed by atoms with Gasteiger partial charge in [-0.3, -0.25) is 0 Å². The van der Waals surface area contributed by atoms with Crippen LogP contribution in [0.4, 0.5) is 0 Å². The molecule has 0 unspecified atom stereocenters. The fourth-order valence-electron chi connectivity index (χ4n) is 4.27. The van der Waals surface area contributed by atoms with E-state index in [1.54, 1.807) is 24.3 Å². The van der Waals surface area contributed by atoms with Crippen LogP contribution in [0.5, 0.6) is 23.0 Å². The molecule has 0 saturated carbocycles.